The number of amides is 1. The minimum atomic E-state index is -0.489. The summed E-state index contributed by atoms with van der Waals surface area (Å²) in [4.78, 5) is 26.1. The van der Waals surface area contributed by atoms with E-state index in [1.807, 2.05) is 13.1 Å². The van der Waals surface area contributed by atoms with E-state index < -0.39 is 6.09 Å². The van der Waals surface area contributed by atoms with Gasteiger partial charge < -0.3 is 14.5 Å². The predicted octanol–water partition coefficient (Wildman–Crippen LogP) is 1.57. The second-order valence-corrected chi connectivity index (χ2v) is 5.85. The summed E-state index contributed by atoms with van der Waals surface area (Å²) in [7, 11) is 3.00. The van der Waals surface area contributed by atoms with Crippen molar-refractivity contribution < 1.29 is 14.4 Å². The molecule has 0 aromatic rings. The first-order valence-corrected chi connectivity index (χ1v) is 7.97. The van der Waals surface area contributed by atoms with E-state index in [0.29, 0.717) is 6.67 Å². The summed E-state index contributed by atoms with van der Waals surface area (Å²) < 4.78 is 4.75. The van der Waals surface area contributed by atoms with Crippen molar-refractivity contribution in [2.24, 2.45) is 4.99 Å². The van der Waals surface area contributed by atoms with Gasteiger partial charge in [0.1, 0.15) is 18.2 Å². The van der Waals surface area contributed by atoms with Gasteiger partial charge in [0.15, 0.2) is 0 Å². The van der Waals surface area contributed by atoms with Gasteiger partial charge in [0, 0.05) is 13.1 Å². The van der Waals surface area contributed by atoms with Gasteiger partial charge in [0.2, 0.25) is 0 Å². The zero-order valence-electron chi connectivity index (χ0n) is 14.5. The lowest BCUT2D eigenvalue weighted by molar-refractivity contribution is -0.0971. The molecule has 0 aliphatic carbocycles. The molecule has 0 fully saturated rings. The number of hydrogen-bond acceptors (Lipinski definition) is 7. The van der Waals surface area contributed by atoms with Gasteiger partial charge in [-0.15, -0.1) is 0 Å². The van der Waals surface area contributed by atoms with E-state index >= 15 is 0 Å². The Labute approximate surface area is 141 Å². The van der Waals surface area contributed by atoms with Crippen LogP contribution < -0.4 is 5.32 Å². The van der Waals surface area contributed by atoms with Crippen LogP contribution in [0.1, 0.15) is 20.3 Å². The number of nitrogens with one attached hydrogen (secondary N) is 1. The van der Waals surface area contributed by atoms with E-state index in [1.54, 1.807) is 18.4 Å². The van der Waals surface area contributed by atoms with Crippen LogP contribution >= 0.6 is 0 Å². The van der Waals surface area contributed by atoms with Gasteiger partial charge in [0.05, 0.1) is 38.0 Å². The maximum atomic E-state index is 11.7. The second-order valence-electron chi connectivity index (χ2n) is 5.85. The lowest BCUT2D eigenvalue weighted by Gasteiger charge is -2.40. The van der Waals surface area contributed by atoms with Crippen LogP contribution in [0.3, 0.4) is 0 Å². The van der Waals surface area contributed by atoms with E-state index in [-0.39, 0.29) is 0 Å². The maximum absolute atomic E-state index is 11.7. The molecule has 0 atom stereocenters. The van der Waals surface area contributed by atoms with Crippen LogP contribution in [0.2, 0.25) is 0 Å². The number of aliphatic imine (C=N–C) groups is 1. The summed E-state index contributed by atoms with van der Waals surface area (Å²) in [5, 5.41) is 4.56. The topological polar surface area (TPSA) is 69.6 Å². The summed E-state index contributed by atoms with van der Waals surface area (Å²) in [5.41, 5.74) is 3.50. The van der Waals surface area contributed by atoms with Gasteiger partial charge in [-0.3, -0.25) is 10.2 Å². The third kappa shape index (κ3) is 2.73. The molecule has 3 rings (SSSR count). The molecule has 1 amide bonds. The second kappa shape index (κ2) is 6.56. The SMILES string of the molecule is CCCN1CC(C)=C(NC(=O)OC)C2=C1N1CN(OC)C=C1C=N2. The third-order valence-electron chi connectivity index (χ3n) is 4.19. The average molecular weight is 333 g/mol. The molecule has 8 heteroatoms. The quantitative estimate of drug-likeness (QED) is 0.842. The molecule has 3 aliphatic rings. The van der Waals surface area contributed by atoms with E-state index in [9.17, 15) is 4.79 Å². The molecule has 3 aliphatic heterocycles. The van der Waals surface area contributed by atoms with Crippen LogP contribution in [-0.4, -0.2) is 61.1 Å². The Bertz CT molecular complexity index is 665. The molecule has 8 nitrogen and oxygen atoms in total. The molecule has 0 bridgehead atoms. The molecule has 0 saturated carbocycles. The molecular weight excluding hydrogens is 310 g/mol. The highest BCUT2D eigenvalue weighted by Crippen LogP contribution is 2.36. The van der Waals surface area contributed by atoms with Gasteiger partial charge in [-0.05, 0) is 18.9 Å². The summed E-state index contributed by atoms with van der Waals surface area (Å²) in [5.74, 6) is 0.988. The van der Waals surface area contributed by atoms with E-state index in [1.165, 1.54) is 7.11 Å². The highest BCUT2D eigenvalue weighted by molar-refractivity contribution is 5.83. The minimum Gasteiger partial charge on any atom is -0.453 e. The molecule has 0 unspecified atom stereocenters. The van der Waals surface area contributed by atoms with Gasteiger partial charge in [-0.1, -0.05) is 6.92 Å². The van der Waals surface area contributed by atoms with Crippen molar-refractivity contribution in [2.75, 3.05) is 34.0 Å². The molecule has 0 spiro atoms. The van der Waals surface area contributed by atoms with E-state index in [2.05, 4.69) is 27.0 Å². The van der Waals surface area contributed by atoms with Crippen molar-refractivity contribution in [1.82, 2.24) is 20.2 Å². The Morgan fingerprint density at radius 3 is 2.88 bits per heavy atom. The summed E-state index contributed by atoms with van der Waals surface area (Å²) in [6, 6.07) is 0. The molecule has 0 radical (unpaired) electrons. The number of nitrogens with zero attached hydrogens (tertiary/aromatic N) is 4. The number of fused-ring (bicyclic) bond motifs is 2. The number of alkyl carbamates (subject to hydrolysis) is 1. The Kier molecular flexibility index (Phi) is 4.48. The Balaban J connectivity index is 2.01. The minimum absolute atomic E-state index is 0.489. The number of carbonyl (C=O) groups is 1. The molecule has 0 saturated heterocycles. The molecular formula is C16H23N5O3. The van der Waals surface area contributed by atoms with Crippen LogP contribution in [0.4, 0.5) is 4.79 Å². The first-order valence-electron chi connectivity index (χ1n) is 7.97. The van der Waals surface area contributed by atoms with Crippen molar-refractivity contribution in [3.63, 3.8) is 0 Å². The zero-order valence-corrected chi connectivity index (χ0v) is 14.5. The highest BCUT2D eigenvalue weighted by atomic mass is 16.7. The standard InChI is InChI=1S/C16H23N5O3/c1-5-6-19-8-11(2)13(18-16(22)23-3)14-15(19)21-10-20(24-4)9-12(21)7-17-14/h7,9H,5-6,8,10H2,1-4H3,(H,18,22). The maximum Gasteiger partial charge on any atom is 0.411 e. The largest absolute Gasteiger partial charge is 0.453 e. The number of allylic oxidation sites excluding steroid dienone is 1. The summed E-state index contributed by atoms with van der Waals surface area (Å²) in [6.07, 6.45) is 4.24. The molecule has 3 heterocycles. The number of hydroxylamine groups is 2. The fourth-order valence-electron chi connectivity index (χ4n) is 3.11. The first kappa shape index (κ1) is 16.4. The molecule has 1 N–H and O–H groups in total. The van der Waals surface area contributed by atoms with Crippen molar-refractivity contribution in [3.8, 4) is 0 Å². The van der Waals surface area contributed by atoms with Crippen molar-refractivity contribution in [1.29, 1.82) is 0 Å². The zero-order chi connectivity index (χ0) is 17.3. The van der Waals surface area contributed by atoms with Gasteiger partial charge in [0.25, 0.3) is 0 Å². The lowest BCUT2D eigenvalue weighted by atomic mass is 10.1. The van der Waals surface area contributed by atoms with E-state index in [0.717, 1.165) is 48.0 Å². The highest BCUT2D eigenvalue weighted by Gasteiger charge is 2.36. The van der Waals surface area contributed by atoms with Crippen molar-refractivity contribution in [2.45, 2.75) is 20.3 Å². The average Bonchev–Trinajstić information content (AvgIpc) is 3.01. The monoisotopic (exact) mass is 333 g/mol. The summed E-state index contributed by atoms with van der Waals surface area (Å²) >= 11 is 0. The Hall–Kier alpha value is -2.48. The predicted molar refractivity (Wildman–Crippen MR) is 89.3 cm³/mol. The van der Waals surface area contributed by atoms with Crippen molar-refractivity contribution >= 4 is 12.3 Å². The van der Waals surface area contributed by atoms with Crippen LogP contribution in [-0.2, 0) is 9.57 Å². The molecule has 130 valence electrons. The number of ether oxygens (including phenoxy) is 1. The smallest absolute Gasteiger partial charge is 0.411 e. The van der Waals surface area contributed by atoms with Gasteiger partial charge in [-0.2, -0.15) is 0 Å². The molecule has 0 aromatic carbocycles. The van der Waals surface area contributed by atoms with Crippen LogP contribution in [0.25, 0.3) is 0 Å². The fraction of sp³-hybridized carbons (Fsp3) is 0.500. The van der Waals surface area contributed by atoms with Crippen molar-refractivity contribution in [3.05, 3.63) is 34.7 Å². The summed E-state index contributed by atoms with van der Waals surface area (Å²) in [6.45, 7) is 6.38. The van der Waals surface area contributed by atoms with Crippen LogP contribution in [0.5, 0.6) is 0 Å². The van der Waals surface area contributed by atoms with Crippen LogP contribution in [0, 0.1) is 0 Å². The fourth-order valence-corrected chi connectivity index (χ4v) is 3.11. The Morgan fingerprint density at radius 2 is 2.21 bits per heavy atom. The number of hydrogen-bond donors (Lipinski definition) is 1. The number of carbonyl (C=O) groups excluding carboxylic acids is 1. The number of methoxy groups -OCH3 is 1. The first-order chi connectivity index (χ1) is 11.6. The van der Waals surface area contributed by atoms with Gasteiger partial charge in [-0.25, -0.2) is 14.9 Å². The Morgan fingerprint density at radius 1 is 1.42 bits per heavy atom. The molecule has 0 aromatic heterocycles. The van der Waals surface area contributed by atoms with Gasteiger partial charge >= 0.3 is 6.09 Å². The lowest BCUT2D eigenvalue weighted by Crippen LogP contribution is -2.44. The number of rotatable bonds is 4. The van der Waals surface area contributed by atoms with Crippen LogP contribution in [0.15, 0.2) is 39.7 Å². The normalized spacial score (nSPS) is 19.5. The molecule has 24 heavy (non-hydrogen) atoms. The van der Waals surface area contributed by atoms with E-state index in [4.69, 9.17) is 9.57 Å². The third-order valence-corrected chi connectivity index (χ3v) is 4.19.